The van der Waals surface area contributed by atoms with Crippen molar-refractivity contribution >= 4 is 44.6 Å². The van der Waals surface area contributed by atoms with Crippen LogP contribution in [0.4, 0.5) is 4.39 Å². The maximum atomic E-state index is 13.4. The second kappa shape index (κ2) is 10.4. The fraction of sp³-hybridized carbons (Fsp3) is 0.160. The van der Waals surface area contributed by atoms with Crippen molar-refractivity contribution in [1.29, 1.82) is 0 Å². The number of benzene rings is 3. The van der Waals surface area contributed by atoms with Gasteiger partial charge in [-0.25, -0.2) is 9.37 Å². The molecule has 34 heavy (non-hydrogen) atoms. The third-order valence-corrected chi connectivity index (χ3v) is 5.81. The van der Waals surface area contributed by atoms with E-state index in [1.54, 1.807) is 36.4 Å². The quantitative estimate of drug-likeness (QED) is 0.268. The van der Waals surface area contributed by atoms with E-state index in [1.165, 1.54) is 30.1 Å². The van der Waals surface area contributed by atoms with Crippen LogP contribution in [0, 0.1) is 5.82 Å². The van der Waals surface area contributed by atoms with Gasteiger partial charge in [-0.1, -0.05) is 46.6 Å². The lowest BCUT2D eigenvalue weighted by Gasteiger charge is -2.13. The van der Waals surface area contributed by atoms with Crippen molar-refractivity contribution in [2.24, 2.45) is 5.10 Å². The lowest BCUT2D eigenvalue weighted by molar-refractivity contribution is 0.284. The molecule has 4 aromatic rings. The number of ether oxygens (including phenoxy) is 2. The monoisotopic (exact) mass is 543 g/mol. The Balaban J connectivity index is 1.66. The van der Waals surface area contributed by atoms with E-state index in [9.17, 15) is 9.18 Å². The van der Waals surface area contributed by atoms with Gasteiger partial charge in [-0.05, 0) is 53.6 Å². The predicted octanol–water partition coefficient (Wildman–Crippen LogP) is 5.98. The van der Waals surface area contributed by atoms with E-state index < -0.39 is 0 Å². The van der Waals surface area contributed by atoms with Crippen molar-refractivity contribution in [3.05, 3.63) is 97.2 Å². The first-order valence-corrected chi connectivity index (χ1v) is 11.6. The number of hydrogen-bond donors (Lipinski definition) is 0. The molecule has 0 spiro atoms. The van der Waals surface area contributed by atoms with Crippen LogP contribution in [-0.4, -0.2) is 23.0 Å². The number of methoxy groups -OCH3 is 1. The SMILES string of the molecule is CCc1nc2ccc(Br)cc2c(=O)n1N=Cc1cc(Cl)c(OCc2cccc(F)c2)c(OC)c1. The van der Waals surface area contributed by atoms with Crippen LogP contribution < -0.4 is 15.0 Å². The van der Waals surface area contributed by atoms with Gasteiger partial charge in [0, 0.05) is 10.9 Å². The summed E-state index contributed by atoms with van der Waals surface area (Å²) in [6.07, 6.45) is 2.03. The Morgan fingerprint density at radius 1 is 1.21 bits per heavy atom. The average molecular weight is 545 g/mol. The summed E-state index contributed by atoms with van der Waals surface area (Å²) in [7, 11) is 1.49. The Hall–Kier alpha value is -3.23. The summed E-state index contributed by atoms with van der Waals surface area (Å²) in [6.45, 7) is 2.03. The Labute approximate surface area is 208 Å². The average Bonchev–Trinajstić information content (AvgIpc) is 2.82. The van der Waals surface area contributed by atoms with Crippen LogP contribution >= 0.6 is 27.5 Å². The van der Waals surface area contributed by atoms with Gasteiger partial charge < -0.3 is 9.47 Å². The topological polar surface area (TPSA) is 65.7 Å². The van der Waals surface area contributed by atoms with Gasteiger partial charge in [0.05, 0.1) is 29.2 Å². The molecule has 0 N–H and O–H groups in total. The van der Waals surface area contributed by atoms with Gasteiger partial charge in [0.1, 0.15) is 18.2 Å². The molecule has 0 fully saturated rings. The molecule has 4 rings (SSSR count). The number of rotatable bonds is 7. The fourth-order valence-electron chi connectivity index (χ4n) is 3.40. The van der Waals surface area contributed by atoms with E-state index in [0.717, 1.165) is 4.47 Å². The molecule has 6 nitrogen and oxygen atoms in total. The molecule has 0 bridgehead atoms. The molecule has 9 heteroatoms. The highest BCUT2D eigenvalue weighted by Crippen LogP contribution is 2.36. The molecular weight excluding hydrogens is 525 g/mol. The Morgan fingerprint density at radius 3 is 2.76 bits per heavy atom. The van der Waals surface area contributed by atoms with Gasteiger partial charge in [0.2, 0.25) is 0 Å². The maximum absolute atomic E-state index is 13.4. The van der Waals surface area contributed by atoms with Crippen LogP contribution in [0.25, 0.3) is 10.9 Å². The summed E-state index contributed by atoms with van der Waals surface area (Å²) >= 11 is 9.84. The zero-order valence-electron chi connectivity index (χ0n) is 18.4. The summed E-state index contributed by atoms with van der Waals surface area (Å²) in [4.78, 5) is 17.6. The molecular formula is C25H20BrClFN3O3. The third kappa shape index (κ3) is 5.13. The second-order valence-electron chi connectivity index (χ2n) is 7.36. The summed E-state index contributed by atoms with van der Waals surface area (Å²) in [5.41, 5.74) is 1.60. The molecule has 3 aromatic carbocycles. The van der Waals surface area contributed by atoms with Crippen LogP contribution in [-0.2, 0) is 13.0 Å². The first kappa shape index (κ1) is 23.9. The van der Waals surface area contributed by atoms with Gasteiger partial charge >= 0.3 is 0 Å². The fourth-order valence-corrected chi connectivity index (χ4v) is 4.04. The largest absolute Gasteiger partial charge is 0.493 e. The number of halogens is 3. The van der Waals surface area contributed by atoms with E-state index in [4.69, 9.17) is 21.1 Å². The van der Waals surface area contributed by atoms with Gasteiger partial charge in [0.25, 0.3) is 5.56 Å². The maximum Gasteiger partial charge on any atom is 0.282 e. The minimum absolute atomic E-state index is 0.120. The highest BCUT2D eigenvalue weighted by atomic mass is 79.9. The summed E-state index contributed by atoms with van der Waals surface area (Å²) < 4.78 is 26.7. The Bertz CT molecular complexity index is 1460. The van der Waals surface area contributed by atoms with Gasteiger partial charge in [-0.2, -0.15) is 9.78 Å². The molecule has 0 amide bonds. The number of fused-ring (bicyclic) bond motifs is 1. The van der Waals surface area contributed by atoms with Crippen molar-refractivity contribution in [3.63, 3.8) is 0 Å². The Morgan fingerprint density at radius 2 is 2.03 bits per heavy atom. The summed E-state index contributed by atoms with van der Waals surface area (Å²) in [5, 5.41) is 5.13. The number of nitrogens with zero attached hydrogens (tertiary/aromatic N) is 3. The standard InChI is InChI=1S/C25H20BrClFN3O3/c1-3-23-30-21-8-7-17(26)12-19(21)25(32)31(23)29-13-16-10-20(27)24(22(11-16)33-2)34-14-15-5-4-6-18(28)9-15/h4-13H,3,14H2,1-2H3. The molecule has 0 saturated carbocycles. The zero-order valence-corrected chi connectivity index (χ0v) is 20.7. The normalized spacial score (nSPS) is 11.3. The number of aryl methyl sites for hydroxylation is 1. The summed E-state index contributed by atoms with van der Waals surface area (Å²) in [5.74, 6) is 0.898. The highest BCUT2D eigenvalue weighted by Gasteiger charge is 2.13. The molecule has 0 aliphatic heterocycles. The van der Waals surface area contributed by atoms with Crippen LogP contribution in [0.5, 0.6) is 11.5 Å². The predicted molar refractivity (Wildman–Crippen MR) is 135 cm³/mol. The molecule has 0 unspecified atom stereocenters. The van der Waals surface area contributed by atoms with E-state index in [0.29, 0.717) is 50.8 Å². The van der Waals surface area contributed by atoms with E-state index >= 15 is 0 Å². The van der Waals surface area contributed by atoms with Crippen molar-refractivity contribution in [2.45, 2.75) is 20.0 Å². The van der Waals surface area contributed by atoms with Crippen molar-refractivity contribution in [3.8, 4) is 11.5 Å². The third-order valence-electron chi connectivity index (χ3n) is 5.04. The van der Waals surface area contributed by atoms with Crippen molar-refractivity contribution < 1.29 is 13.9 Å². The minimum atomic E-state index is -0.344. The van der Waals surface area contributed by atoms with Crippen molar-refractivity contribution in [2.75, 3.05) is 7.11 Å². The Kier molecular flexibility index (Phi) is 7.29. The molecule has 174 valence electrons. The van der Waals surface area contributed by atoms with Gasteiger partial charge in [-0.3, -0.25) is 4.79 Å². The van der Waals surface area contributed by atoms with E-state index in [2.05, 4.69) is 26.0 Å². The number of hydrogen-bond acceptors (Lipinski definition) is 5. The minimum Gasteiger partial charge on any atom is -0.493 e. The number of aromatic nitrogens is 2. The molecule has 0 aliphatic rings. The van der Waals surface area contributed by atoms with Gasteiger partial charge in [-0.15, -0.1) is 0 Å². The molecule has 0 aliphatic carbocycles. The summed E-state index contributed by atoms with van der Waals surface area (Å²) in [6, 6.07) is 14.8. The molecule has 0 radical (unpaired) electrons. The van der Waals surface area contributed by atoms with E-state index in [1.807, 2.05) is 13.0 Å². The molecule has 0 atom stereocenters. The second-order valence-corrected chi connectivity index (χ2v) is 8.68. The van der Waals surface area contributed by atoms with Gasteiger partial charge in [0.15, 0.2) is 11.5 Å². The van der Waals surface area contributed by atoms with Crippen LogP contribution in [0.2, 0.25) is 5.02 Å². The van der Waals surface area contributed by atoms with Crippen LogP contribution in [0.1, 0.15) is 23.9 Å². The molecule has 1 aromatic heterocycles. The van der Waals surface area contributed by atoms with Crippen LogP contribution in [0.3, 0.4) is 0 Å². The van der Waals surface area contributed by atoms with Crippen molar-refractivity contribution in [1.82, 2.24) is 9.66 Å². The lowest BCUT2D eigenvalue weighted by atomic mass is 10.2. The van der Waals surface area contributed by atoms with Crippen LogP contribution in [0.15, 0.2) is 69.0 Å². The van der Waals surface area contributed by atoms with E-state index in [-0.39, 0.29) is 18.0 Å². The smallest absolute Gasteiger partial charge is 0.282 e. The molecule has 1 heterocycles. The first-order valence-electron chi connectivity index (χ1n) is 10.4. The zero-order chi connectivity index (χ0) is 24.2. The highest BCUT2D eigenvalue weighted by molar-refractivity contribution is 9.10. The first-order chi connectivity index (χ1) is 16.4. The lowest BCUT2D eigenvalue weighted by Crippen LogP contribution is -2.22. The molecule has 0 saturated heterocycles.